The van der Waals surface area contributed by atoms with Gasteiger partial charge < -0.3 is 5.32 Å². The fourth-order valence-electron chi connectivity index (χ4n) is 1.74. The summed E-state index contributed by atoms with van der Waals surface area (Å²) in [5.41, 5.74) is 3.12. The van der Waals surface area contributed by atoms with Crippen molar-refractivity contribution in [2.45, 2.75) is 32.1 Å². The van der Waals surface area contributed by atoms with Crippen molar-refractivity contribution >= 4 is 33.4 Å². The molecule has 3 heteroatoms. The molecule has 1 heterocycles. The van der Waals surface area contributed by atoms with Crippen molar-refractivity contribution in [3.63, 3.8) is 0 Å². The summed E-state index contributed by atoms with van der Waals surface area (Å²) in [6.45, 7) is 7.92. The van der Waals surface area contributed by atoms with Crippen LogP contribution in [0.4, 0.5) is 5.69 Å². The maximum absolute atomic E-state index is 3.64. The molecule has 0 fully saturated rings. The largest absolute Gasteiger partial charge is 0.384 e. The predicted molar refractivity (Wildman–Crippen MR) is 76.5 cm³/mol. The second kappa shape index (κ2) is 4.61. The Balaban J connectivity index is 2.14. The van der Waals surface area contributed by atoms with Crippen LogP contribution in [0, 0.1) is 5.41 Å². The lowest BCUT2D eigenvalue weighted by Crippen LogP contribution is -2.07. The molecule has 0 saturated carbocycles. The molecule has 0 amide bonds. The van der Waals surface area contributed by atoms with E-state index in [-0.39, 0.29) is 0 Å². The number of nitrogens with one attached hydrogen (secondary N) is 1. The van der Waals surface area contributed by atoms with Crippen LogP contribution >= 0.6 is 27.7 Å². The molecule has 2 rings (SSSR count). The van der Waals surface area contributed by atoms with E-state index in [1.165, 1.54) is 20.6 Å². The number of hydrogen-bond acceptors (Lipinski definition) is 2. The zero-order chi connectivity index (χ0) is 11.8. The van der Waals surface area contributed by atoms with E-state index in [1.807, 2.05) is 11.8 Å². The van der Waals surface area contributed by atoms with E-state index in [9.17, 15) is 0 Å². The Morgan fingerprint density at radius 1 is 1.38 bits per heavy atom. The Labute approximate surface area is 111 Å². The van der Waals surface area contributed by atoms with Crippen molar-refractivity contribution in [2.24, 2.45) is 5.41 Å². The van der Waals surface area contributed by atoms with Crippen LogP contribution in [-0.2, 0) is 6.42 Å². The first kappa shape index (κ1) is 12.3. The molecule has 1 aromatic rings. The first-order valence-electron chi connectivity index (χ1n) is 5.65. The van der Waals surface area contributed by atoms with Gasteiger partial charge in [0, 0.05) is 21.7 Å². The summed E-state index contributed by atoms with van der Waals surface area (Å²) < 4.78 is 1.21. The fraction of sp³-hybridized carbons (Fsp3) is 0.538. The van der Waals surface area contributed by atoms with E-state index in [0.717, 1.165) is 18.7 Å². The number of fused-ring (bicyclic) bond motifs is 1. The van der Waals surface area contributed by atoms with Gasteiger partial charge >= 0.3 is 0 Å². The van der Waals surface area contributed by atoms with Crippen LogP contribution in [0.2, 0.25) is 0 Å². The number of rotatable bonds is 2. The molecule has 0 radical (unpaired) electrons. The van der Waals surface area contributed by atoms with Gasteiger partial charge in [-0.1, -0.05) is 20.8 Å². The average Bonchev–Trinajstić information content (AvgIpc) is 2.62. The third kappa shape index (κ3) is 2.95. The number of hydrogen-bond donors (Lipinski definition) is 1. The first-order chi connectivity index (χ1) is 7.46. The summed E-state index contributed by atoms with van der Waals surface area (Å²) >= 11 is 5.59. The maximum Gasteiger partial charge on any atom is 0.0518 e. The summed E-state index contributed by atoms with van der Waals surface area (Å²) in [5.74, 6) is 1.16. The van der Waals surface area contributed by atoms with E-state index >= 15 is 0 Å². The van der Waals surface area contributed by atoms with Gasteiger partial charge in [-0.3, -0.25) is 0 Å². The van der Waals surface area contributed by atoms with Crippen molar-refractivity contribution in [1.82, 2.24) is 0 Å². The zero-order valence-corrected chi connectivity index (χ0v) is 12.5. The Morgan fingerprint density at radius 3 is 2.81 bits per heavy atom. The van der Waals surface area contributed by atoms with Crippen LogP contribution in [0.5, 0.6) is 0 Å². The molecule has 0 bridgehead atoms. The van der Waals surface area contributed by atoms with Crippen molar-refractivity contribution in [2.75, 3.05) is 17.6 Å². The van der Waals surface area contributed by atoms with Crippen molar-refractivity contribution in [3.8, 4) is 0 Å². The third-order valence-electron chi connectivity index (χ3n) is 2.51. The molecule has 0 saturated heterocycles. The first-order valence-corrected chi connectivity index (χ1v) is 7.43. The van der Waals surface area contributed by atoms with Gasteiger partial charge in [-0.15, -0.1) is 11.8 Å². The summed E-state index contributed by atoms with van der Waals surface area (Å²) in [4.78, 5) is 1.38. The highest BCUT2D eigenvalue weighted by Gasteiger charge is 2.16. The highest BCUT2D eigenvalue weighted by molar-refractivity contribution is 9.10. The normalized spacial score (nSPS) is 14.8. The number of anilines is 1. The van der Waals surface area contributed by atoms with Gasteiger partial charge in [0.05, 0.1) is 5.69 Å². The topological polar surface area (TPSA) is 12.0 Å². The summed E-state index contributed by atoms with van der Waals surface area (Å²) in [6.07, 6.45) is 1.15. The summed E-state index contributed by atoms with van der Waals surface area (Å²) in [5, 5.41) is 3.41. The lowest BCUT2D eigenvalue weighted by molar-refractivity contribution is 0.481. The number of benzene rings is 1. The highest BCUT2D eigenvalue weighted by atomic mass is 79.9. The Morgan fingerprint density at radius 2 is 2.12 bits per heavy atom. The molecular formula is C13H18BrNS. The molecule has 0 aliphatic carbocycles. The van der Waals surface area contributed by atoms with Crippen LogP contribution in [-0.4, -0.2) is 12.3 Å². The Bertz CT molecular complexity index is 396. The molecular weight excluding hydrogens is 282 g/mol. The Hall–Kier alpha value is -0.150. The lowest BCUT2D eigenvalue weighted by atomic mass is 10.0. The minimum absolute atomic E-state index is 0.383. The molecule has 1 aromatic carbocycles. The molecule has 1 nitrogen and oxygen atoms in total. The van der Waals surface area contributed by atoms with Crippen molar-refractivity contribution < 1.29 is 0 Å². The van der Waals surface area contributed by atoms with Crippen LogP contribution in [0.1, 0.15) is 26.3 Å². The van der Waals surface area contributed by atoms with Crippen LogP contribution in [0.15, 0.2) is 21.5 Å². The Kier molecular flexibility index (Phi) is 3.55. The van der Waals surface area contributed by atoms with Gasteiger partial charge in [0.15, 0.2) is 0 Å². The van der Waals surface area contributed by atoms with E-state index < -0.39 is 0 Å². The molecule has 88 valence electrons. The monoisotopic (exact) mass is 299 g/mol. The summed E-state index contributed by atoms with van der Waals surface area (Å²) in [7, 11) is 0. The van der Waals surface area contributed by atoms with Crippen LogP contribution < -0.4 is 5.32 Å². The molecule has 1 aliphatic rings. The zero-order valence-electron chi connectivity index (χ0n) is 10.1. The number of thioether (sulfide) groups is 1. The standard InChI is InChI=1S/C13H18BrNS/c1-13(2,3)8-16-10-6-9-4-5-15-12(9)11(14)7-10/h6-7,15H,4-5,8H2,1-3H3. The smallest absolute Gasteiger partial charge is 0.0518 e. The number of halogens is 1. The van der Waals surface area contributed by atoms with Gasteiger partial charge in [-0.2, -0.15) is 0 Å². The minimum atomic E-state index is 0.383. The molecule has 1 N–H and O–H groups in total. The predicted octanol–water partition coefficient (Wildman–Crippen LogP) is 4.56. The van der Waals surface area contributed by atoms with Gasteiger partial charge in [-0.25, -0.2) is 0 Å². The van der Waals surface area contributed by atoms with Crippen molar-refractivity contribution in [3.05, 3.63) is 22.2 Å². The average molecular weight is 300 g/mol. The van der Waals surface area contributed by atoms with Crippen LogP contribution in [0.25, 0.3) is 0 Å². The van der Waals surface area contributed by atoms with Gasteiger partial charge in [0.1, 0.15) is 0 Å². The summed E-state index contributed by atoms with van der Waals surface area (Å²) in [6, 6.07) is 4.56. The van der Waals surface area contributed by atoms with E-state index in [1.54, 1.807) is 0 Å². The third-order valence-corrected chi connectivity index (χ3v) is 4.72. The molecule has 0 aromatic heterocycles. The quantitative estimate of drug-likeness (QED) is 0.804. The molecule has 16 heavy (non-hydrogen) atoms. The van der Waals surface area contributed by atoms with Crippen LogP contribution in [0.3, 0.4) is 0 Å². The highest BCUT2D eigenvalue weighted by Crippen LogP contribution is 2.36. The molecule has 0 spiro atoms. The van der Waals surface area contributed by atoms with Gasteiger partial charge in [0.25, 0.3) is 0 Å². The van der Waals surface area contributed by atoms with E-state index in [0.29, 0.717) is 5.41 Å². The molecule has 0 unspecified atom stereocenters. The molecule has 1 aliphatic heterocycles. The molecule has 0 atom stereocenters. The van der Waals surface area contributed by atoms with Gasteiger partial charge in [0.2, 0.25) is 0 Å². The van der Waals surface area contributed by atoms with Gasteiger partial charge in [-0.05, 0) is 45.5 Å². The lowest BCUT2D eigenvalue weighted by Gasteiger charge is -2.17. The maximum atomic E-state index is 3.64. The van der Waals surface area contributed by atoms with Crippen molar-refractivity contribution in [1.29, 1.82) is 0 Å². The van der Waals surface area contributed by atoms with E-state index in [2.05, 4.69) is 54.2 Å². The van der Waals surface area contributed by atoms with E-state index in [4.69, 9.17) is 0 Å². The SMILES string of the molecule is CC(C)(C)CSc1cc(Br)c2c(c1)CCN2. The minimum Gasteiger partial charge on any atom is -0.384 e. The second-order valence-corrected chi connectivity index (χ2v) is 7.37. The second-order valence-electron chi connectivity index (χ2n) is 5.47. The fourth-order valence-corrected chi connectivity index (χ4v) is 3.56.